The molecule has 20 heavy (non-hydrogen) atoms. The number of nitrogens with one attached hydrogen (secondary N) is 1. The number of thiophene rings is 1. The molecule has 0 fully saturated rings. The van der Waals surface area contributed by atoms with E-state index >= 15 is 0 Å². The second kappa shape index (κ2) is 8.05. The van der Waals surface area contributed by atoms with Crippen molar-refractivity contribution in [3.8, 4) is 0 Å². The Hall–Kier alpha value is -0.520. The fraction of sp³-hybridized carbons (Fsp3) is 0.333. The van der Waals surface area contributed by atoms with Crippen molar-refractivity contribution in [2.75, 3.05) is 5.75 Å². The maximum absolute atomic E-state index is 5.99. The number of benzene rings is 1. The number of nitrogens with two attached hydrogens (primary N) is 1. The monoisotopic (exact) mass is 326 g/mol. The van der Waals surface area contributed by atoms with E-state index < -0.39 is 0 Å². The fourth-order valence-electron chi connectivity index (χ4n) is 1.88. The number of hydrazine groups is 1. The third-order valence-corrected chi connectivity index (χ3v) is 5.64. The first kappa shape index (κ1) is 15.9. The third kappa shape index (κ3) is 4.79. The highest BCUT2D eigenvalue weighted by atomic mass is 35.5. The van der Waals surface area contributed by atoms with Crippen LogP contribution in [-0.2, 0) is 12.8 Å². The molecule has 0 aliphatic rings. The molecule has 2 aromatic rings. The lowest BCUT2D eigenvalue weighted by Gasteiger charge is -2.14. The second-order valence-electron chi connectivity index (χ2n) is 4.56. The Balaban J connectivity index is 1.89. The van der Waals surface area contributed by atoms with Crippen LogP contribution in [-0.4, -0.2) is 11.8 Å². The Kier molecular flexibility index (Phi) is 6.39. The normalized spacial score (nSPS) is 12.6. The van der Waals surface area contributed by atoms with Crippen LogP contribution in [0.1, 0.15) is 16.7 Å². The molecule has 0 amide bonds. The summed E-state index contributed by atoms with van der Waals surface area (Å²) in [6, 6.07) is 12.6. The van der Waals surface area contributed by atoms with E-state index in [9.17, 15) is 0 Å². The Morgan fingerprint density at radius 2 is 2.10 bits per heavy atom. The van der Waals surface area contributed by atoms with E-state index in [2.05, 4.69) is 30.5 Å². The summed E-state index contributed by atoms with van der Waals surface area (Å²) in [5.74, 6) is 6.60. The first-order chi connectivity index (χ1) is 9.71. The molecular formula is C15H19ClN2S2. The summed E-state index contributed by atoms with van der Waals surface area (Å²) in [6.07, 6.45) is 2.07. The highest BCUT2D eigenvalue weighted by Crippen LogP contribution is 2.24. The molecular weight excluding hydrogens is 308 g/mol. The second-order valence-corrected chi connectivity index (χ2v) is 7.34. The molecule has 1 heterocycles. The third-order valence-electron chi connectivity index (χ3n) is 3.00. The van der Waals surface area contributed by atoms with Gasteiger partial charge in [0.2, 0.25) is 0 Å². The van der Waals surface area contributed by atoms with Gasteiger partial charge in [0.1, 0.15) is 0 Å². The predicted octanol–water partition coefficient (Wildman–Crippen LogP) is 4.13. The van der Waals surface area contributed by atoms with Gasteiger partial charge < -0.3 is 0 Å². The van der Waals surface area contributed by atoms with Crippen molar-refractivity contribution >= 4 is 34.7 Å². The lowest BCUT2D eigenvalue weighted by molar-refractivity contribution is 0.579. The van der Waals surface area contributed by atoms with Gasteiger partial charge in [-0.2, -0.15) is 0 Å². The van der Waals surface area contributed by atoms with Crippen LogP contribution in [0.25, 0.3) is 0 Å². The standard InChI is InChI=1S/C15H19ClN2S2/c1-2-13-6-7-15(20-13)9-12(18-17)10-19-14-5-3-4-11(16)8-14/h3-8,12,18H,2,9-10,17H2,1H3. The zero-order chi connectivity index (χ0) is 14.4. The van der Waals surface area contributed by atoms with Crippen molar-refractivity contribution in [2.45, 2.75) is 30.7 Å². The summed E-state index contributed by atoms with van der Waals surface area (Å²) in [5, 5.41) is 0.776. The molecule has 0 saturated carbocycles. The topological polar surface area (TPSA) is 38.0 Å². The van der Waals surface area contributed by atoms with E-state index in [1.54, 1.807) is 11.8 Å². The van der Waals surface area contributed by atoms with Gasteiger partial charge in [-0.15, -0.1) is 23.1 Å². The number of halogens is 1. The fourth-order valence-corrected chi connectivity index (χ4v) is 4.17. The number of hydrogen-bond donors (Lipinski definition) is 2. The van der Waals surface area contributed by atoms with E-state index in [0.717, 1.165) is 23.6 Å². The SMILES string of the molecule is CCc1ccc(CC(CSc2cccc(Cl)c2)NN)s1. The van der Waals surface area contributed by atoms with Crippen molar-refractivity contribution in [1.82, 2.24) is 5.43 Å². The highest BCUT2D eigenvalue weighted by Gasteiger charge is 2.10. The molecule has 0 radical (unpaired) electrons. The number of rotatable bonds is 7. The Morgan fingerprint density at radius 1 is 1.30 bits per heavy atom. The molecule has 108 valence electrons. The van der Waals surface area contributed by atoms with E-state index in [1.165, 1.54) is 14.6 Å². The van der Waals surface area contributed by atoms with Crippen LogP contribution in [0.5, 0.6) is 0 Å². The summed E-state index contributed by atoms with van der Waals surface area (Å²) >= 11 is 9.64. The first-order valence-corrected chi connectivity index (χ1v) is 8.81. The molecule has 1 unspecified atom stereocenters. The van der Waals surface area contributed by atoms with Gasteiger partial charge in [0.25, 0.3) is 0 Å². The van der Waals surface area contributed by atoms with Gasteiger partial charge in [-0.05, 0) is 43.2 Å². The van der Waals surface area contributed by atoms with Crippen LogP contribution in [0.2, 0.25) is 5.02 Å². The van der Waals surface area contributed by atoms with Crippen molar-refractivity contribution in [2.24, 2.45) is 5.84 Å². The summed E-state index contributed by atoms with van der Waals surface area (Å²) in [5.41, 5.74) is 2.92. The maximum Gasteiger partial charge on any atom is 0.0417 e. The average Bonchev–Trinajstić information content (AvgIpc) is 2.91. The lowest BCUT2D eigenvalue weighted by Crippen LogP contribution is -2.38. The molecule has 0 aliphatic heterocycles. The molecule has 5 heteroatoms. The van der Waals surface area contributed by atoms with Crippen LogP contribution in [0.3, 0.4) is 0 Å². The number of aryl methyl sites for hydroxylation is 1. The minimum atomic E-state index is 0.266. The Bertz CT molecular complexity index is 542. The minimum absolute atomic E-state index is 0.266. The van der Waals surface area contributed by atoms with Gasteiger partial charge >= 0.3 is 0 Å². The molecule has 3 N–H and O–H groups in total. The average molecular weight is 327 g/mol. The van der Waals surface area contributed by atoms with E-state index in [4.69, 9.17) is 17.4 Å². The van der Waals surface area contributed by atoms with Gasteiger partial charge in [0.05, 0.1) is 0 Å². The van der Waals surface area contributed by atoms with Gasteiger partial charge in [0, 0.05) is 31.5 Å². The lowest BCUT2D eigenvalue weighted by atomic mass is 10.2. The molecule has 0 saturated heterocycles. The van der Waals surface area contributed by atoms with Gasteiger partial charge in [-0.25, -0.2) is 0 Å². The summed E-state index contributed by atoms with van der Waals surface area (Å²) in [7, 11) is 0. The summed E-state index contributed by atoms with van der Waals surface area (Å²) in [4.78, 5) is 3.99. The quantitative estimate of drug-likeness (QED) is 0.456. The predicted molar refractivity (Wildman–Crippen MR) is 90.7 cm³/mol. The van der Waals surface area contributed by atoms with Crippen molar-refractivity contribution < 1.29 is 0 Å². The summed E-state index contributed by atoms with van der Waals surface area (Å²) in [6.45, 7) is 2.18. The van der Waals surface area contributed by atoms with E-state index in [-0.39, 0.29) is 6.04 Å². The van der Waals surface area contributed by atoms with Crippen LogP contribution < -0.4 is 11.3 Å². The largest absolute Gasteiger partial charge is 0.271 e. The zero-order valence-corrected chi connectivity index (χ0v) is 13.8. The van der Waals surface area contributed by atoms with Gasteiger partial charge in [0.15, 0.2) is 0 Å². The zero-order valence-electron chi connectivity index (χ0n) is 11.4. The Labute approximate surface area is 133 Å². The first-order valence-electron chi connectivity index (χ1n) is 6.63. The van der Waals surface area contributed by atoms with Crippen molar-refractivity contribution in [3.05, 3.63) is 51.2 Å². The van der Waals surface area contributed by atoms with E-state index in [1.807, 2.05) is 29.5 Å². The molecule has 1 atom stereocenters. The molecule has 2 nitrogen and oxygen atoms in total. The van der Waals surface area contributed by atoms with Gasteiger partial charge in [-0.3, -0.25) is 11.3 Å². The molecule has 1 aromatic carbocycles. The van der Waals surface area contributed by atoms with Crippen molar-refractivity contribution in [1.29, 1.82) is 0 Å². The number of hydrogen-bond acceptors (Lipinski definition) is 4. The smallest absolute Gasteiger partial charge is 0.0417 e. The highest BCUT2D eigenvalue weighted by molar-refractivity contribution is 7.99. The minimum Gasteiger partial charge on any atom is -0.271 e. The molecule has 0 spiro atoms. The number of thioether (sulfide) groups is 1. The van der Waals surface area contributed by atoms with Crippen LogP contribution in [0.15, 0.2) is 41.3 Å². The van der Waals surface area contributed by atoms with E-state index in [0.29, 0.717) is 0 Å². The van der Waals surface area contributed by atoms with Crippen LogP contribution >= 0.6 is 34.7 Å². The van der Waals surface area contributed by atoms with Crippen molar-refractivity contribution in [3.63, 3.8) is 0 Å². The van der Waals surface area contributed by atoms with Crippen LogP contribution in [0, 0.1) is 0 Å². The molecule has 0 bridgehead atoms. The molecule has 1 aromatic heterocycles. The molecule has 2 rings (SSSR count). The molecule has 0 aliphatic carbocycles. The van der Waals surface area contributed by atoms with Gasteiger partial charge in [-0.1, -0.05) is 24.6 Å². The Morgan fingerprint density at radius 3 is 2.75 bits per heavy atom. The summed E-state index contributed by atoms with van der Waals surface area (Å²) < 4.78 is 0. The maximum atomic E-state index is 5.99. The van der Waals surface area contributed by atoms with Crippen LogP contribution in [0.4, 0.5) is 0 Å².